The molecule has 5 N–H and O–H groups in total. The summed E-state index contributed by atoms with van der Waals surface area (Å²) in [5, 5.41) is 24.7. The van der Waals surface area contributed by atoms with Crippen LogP contribution < -0.4 is 25.4 Å². The first kappa shape index (κ1) is 24.5. The maximum absolute atomic E-state index is 12.7. The second kappa shape index (κ2) is 9.95. The highest BCUT2D eigenvalue weighted by Crippen LogP contribution is 2.38. The van der Waals surface area contributed by atoms with Gasteiger partial charge < -0.3 is 19.6 Å². The van der Waals surface area contributed by atoms with E-state index < -0.39 is 26.4 Å². The van der Waals surface area contributed by atoms with Crippen LogP contribution in [0, 0.1) is 6.92 Å². The van der Waals surface area contributed by atoms with Crippen molar-refractivity contribution >= 4 is 19.8 Å². The molecule has 2 aromatic carbocycles. The number of pyridine rings is 1. The summed E-state index contributed by atoms with van der Waals surface area (Å²) in [4.78, 5) is 34.7. The number of aromatic hydroxyl groups is 1. The number of hydrogen-bond acceptors (Lipinski definition) is 8. The summed E-state index contributed by atoms with van der Waals surface area (Å²) >= 11 is 0. The van der Waals surface area contributed by atoms with E-state index in [1.165, 1.54) is 6.20 Å². The molecule has 1 aliphatic heterocycles. The number of carbonyl (C=O) groups excluding carboxylic acids is 1. The Hall–Kier alpha value is -3.60. The maximum atomic E-state index is 12.7. The van der Waals surface area contributed by atoms with Crippen molar-refractivity contribution < 1.29 is 38.7 Å². The van der Waals surface area contributed by atoms with E-state index in [0.29, 0.717) is 21.5 Å². The molecule has 0 aliphatic carbocycles. The van der Waals surface area contributed by atoms with Crippen LogP contribution in [-0.4, -0.2) is 37.0 Å². The van der Waals surface area contributed by atoms with Gasteiger partial charge in [0.2, 0.25) is 0 Å². The number of aryl methyl sites for hydroxylation is 1. The molecule has 4 rings (SSSR count). The zero-order chi connectivity index (χ0) is 25.2. The van der Waals surface area contributed by atoms with Gasteiger partial charge in [-0.25, -0.2) is 9.36 Å². The molecule has 12 heteroatoms. The topological polar surface area (TPSA) is 161 Å². The van der Waals surface area contributed by atoms with E-state index in [1.807, 2.05) is 18.2 Å². The Morgan fingerprint density at radius 3 is 2.60 bits per heavy atom. The molecular weight excluding hydrogens is 477 g/mol. The minimum Gasteiger partial charge on any atom is -0.506 e. The van der Waals surface area contributed by atoms with Crippen LogP contribution in [0.3, 0.4) is 0 Å². The number of carbonyl (C=O) groups is 1. The lowest BCUT2D eigenvalue weighted by molar-refractivity contribution is -0.135. The third-order valence-electron chi connectivity index (χ3n) is 5.34. The van der Waals surface area contributed by atoms with E-state index in [1.54, 1.807) is 43.3 Å². The van der Waals surface area contributed by atoms with E-state index in [-0.39, 0.29) is 34.5 Å². The number of fused-ring (bicyclic) bond motifs is 1. The molecule has 0 bridgehead atoms. The first-order chi connectivity index (χ1) is 16.6. The first-order valence-electron chi connectivity index (χ1n) is 10.5. The molecule has 11 nitrogen and oxygen atoms in total. The molecule has 1 amide bonds. The first-order valence-corrected chi connectivity index (χ1v) is 12.0. The molecule has 0 saturated carbocycles. The summed E-state index contributed by atoms with van der Waals surface area (Å²) in [5.41, 5.74) is 0.771. The zero-order valence-corrected chi connectivity index (χ0v) is 19.4. The normalized spacial score (nSPS) is 15.5. The van der Waals surface area contributed by atoms with Crippen LogP contribution in [-0.2, 0) is 27.0 Å². The van der Waals surface area contributed by atoms with Crippen molar-refractivity contribution in [3.63, 3.8) is 0 Å². The van der Waals surface area contributed by atoms with Crippen molar-refractivity contribution in [2.24, 2.45) is 0 Å². The summed E-state index contributed by atoms with van der Waals surface area (Å²) in [5.74, 6) is 0.287. The second-order valence-corrected chi connectivity index (χ2v) is 9.01. The molecular formula is C23H23N3O8P+. The molecule has 35 heavy (non-hydrogen) atoms. The number of phosphoric ester groups is 1. The summed E-state index contributed by atoms with van der Waals surface area (Å²) in [6.45, 7) is 0.981. The number of aromatic nitrogens is 1. The van der Waals surface area contributed by atoms with E-state index in [9.17, 15) is 19.7 Å². The van der Waals surface area contributed by atoms with Gasteiger partial charge in [-0.2, -0.15) is 0 Å². The minimum atomic E-state index is -4.75. The highest BCUT2D eigenvalue weighted by molar-refractivity contribution is 7.46. The molecule has 1 atom stereocenters. The van der Waals surface area contributed by atoms with Crippen LogP contribution in [0.2, 0.25) is 0 Å². The van der Waals surface area contributed by atoms with Crippen LogP contribution in [0.15, 0.2) is 54.7 Å². The summed E-state index contributed by atoms with van der Waals surface area (Å²) in [6, 6.07) is 13.0. The van der Waals surface area contributed by atoms with E-state index in [2.05, 4.69) is 14.8 Å². The lowest BCUT2D eigenvalue weighted by Crippen LogP contribution is -2.54. The highest BCUT2D eigenvalue weighted by atomic mass is 31.2. The number of para-hydroxylation sites is 1. The zero-order valence-electron chi connectivity index (χ0n) is 18.5. The number of hydroxylamine groups is 1. The fraction of sp³-hybridized carbons (Fsp3) is 0.174. The SMILES string of the molecule is Cc1ncc(COP(=O)(O)O)c(CNC2C=c3cc(Oc4ccccc4)ccc3=[N+](O)C2=O)c1O. The Bertz CT molecular complexity index is 1440. The Kier molecular flexibility index (Phi) is 6.97. The average Bonchev–Trinajstić information content (AvgIpc) is 2.82. The van der Waals surface area contributed by atoms with Gasteiger partial charge in [0.05, 0.1) is 22.3 Å². The number of phosphoric acid groups is 1. The van der Waals surface area contributed by atoms with Crippen molar-refractivity contribution in [1.82, 2.24) is 15.0 Å². The van der Waals surface area contributed by atoms with Crippen LogP contribution >= 0.6 is 7.82 Å². The highest BCUT2D eigenvalue weighted by Gasteiger charge is 2.33. The Morgan fingerprint density at radius 2 is 1.89 bits per heavy atom. The molecule has 0 spiro atoms. The van der Waals surface area contributed by atoms with Gasteiger partial charge in [0.1, 0.15) is 17.2 Å². The largest absolute Gasteiger partial charge is 0.506 e. The number of ether oxygens (including phenoxy) is 1. The van der Waals surface area contributed by atoms with Crippen LogP contribution in [0.5, 0.6) is 17.2 Å². The number of nitrogens with one attached hydrogen (secondary N) is 1. The van der Waals surface area contributed by atoms with Gasteiger partial charge in [-0.15, -0.1) is 0 Å². The third kappa shape index (κ3) is 5.73. The van der Waals surface area contributed by atoms with Gasteiger partial charge in [0, 0.05) is 29.9 Å². The summed E-state index contributed by atoms with van der Waals surface area (Å²) in [7, 11) is -4.75. The lowest BCUT2D eigenvalue weighted by atomic mass is 10.1. The summed E-state index contributed by atoms with van der Waals surface area (Å²) < 4.78 is 22.0. The monoisotopic (exact) mass is 500 g/mol. The van der Waals surface area contributed by atoms with E-state index in [0.717, 1.165) is 0 Å². The van der Waals surface area contributed by atoms with Gasteiger partial charge in [0.15, 0.2) is 6.04 Å². The predicted octanol–water partition coefficient (Wildman–Crippen LogP) is 0.857. The molecule has 0 saturated heterocycles. The van der Waals surface area contributed by atoms with Gasteiger partial charge >= 0.3 is 13.7 Å². The molecule has 1 aliphatic rings. The van der Waals surface area contributed by atoms with Gasteiger partial charge in [-0.3, -0.25) is 20.0 Å². The molecule has 3 aromatic rings. The third-order valence-corrected chi connectivity index (χ3v) is 5.81. The van der Waals surface area contributed by atoms with Crippen molar-refractivity contribution in [2.75, 3.05) is 0 Å². The van der Waals surface area contributed by atoms with E-state index >= 15 is 0 Å². The molecule has 0 radical (unpaired) electrons. The van der Waals surface area contributed by atoms with Gasteiger partial charge in [0.25, 0.3) is 5.36 Å². The van der Waals surface area contributed by atoms with Crippen LogP contribution in [0.4, 0.5) is 0 Å². The molecule has 1 aromatic heterocycles. The standard InChI is InChI=1S/C23H22N3O8P/c1-14-22(27)19(16(11-24-14)13-33-35(30,31)32)12-25-20-10-15-9-18(34-17-5-3-2-4-6-17)7-8-21(15)26(29)23(20)28/h2-11,20,25H,12-13H2,1H3,(H3-,27,29,30,31,32)/p+1. The smallest absolute Gasteiger partial charge is 0.469 e. The van der Waals surface area contributed by atoms with Crippen molar-refractivity contribution in [1.29, 1.82) is 0 Å². The molecule has 1 unspecified atom stereocenters. The Balaban J connectivity index is 1.60. The van der Waals surface area contributed by atoms with E-state index in [4.69, 9.17) is 14.5 Å². The fourth-order valence-corrected chi connectivity index (χ4v) is 3.87. The number of nitrogens with zero attached hydrogens (tertiary/aromatic N) is 2. The van der Waals surface area contributed by atoms with Crippen molar-refractivity contribution in [2.45, 2.75) is 26.1 Å². The van der Waals surface area contributed by atoms with Crippen LogP contribution in [0.1, 0.15) is 16.8 Å². The lowest BCUT2D eigenvalue weighted by Gasteiger charge is -2.16. The predicted molar refractivity (Wildman–Crippen MR) is 123 cm³/mol. The minimum absolute atomic E-state index is 0.0780. The van der Waals surface area contributed by atoms with Gasteiger partial charge in [-0.05, 0) is 37.3 Å². The quantitative estimate of drug-likeness (QED) is 0.130. The molecule has 0 fully saturated rings. The average molecular weight is 500 g/mol. The van der Waals surface area contributed by atoms with Crippen LogP contribution in [0.25, 0.3) is 6.08 Å². The Morgan fingerprint density at radius 1 is 1.14 bits per heavy atom. The summed E-state index contributed by atoms with van der Waals surface area (Å²) in [6.07, 6.45) is 2.94. The fourth-order valence-electron chi connectivity index (χ4n) is 3.57. The second-order valence-electron chi connectivity index (χ2n) is 7.77. The van der Waals surface area contributed by atoms with Crippen molar-refractivity contribution in [3.8, 4) is 17.2 Å². The number of hydrogen-bond donors (Lipinski definition) is 5. The number of rotatable bonds is 8. The van der Waals surface area contributed by atoms with Gasteiger partial charge in [-0.1, -0.05) is 18.2 Å². The number of benzene rings is 2. The number of amides is 1. The molecule has 2 heterocycles. The maximum Gasteiger partial charge on any atom is 0.469 e. The van der Waals surface area contributed by atoms with Crippen molar-refractivity contribution in [3.05, 3.63) is 82.1 Å². The molecule has 182 valence electrons. The Labute approximate surface area is 199 Å².